The van der Waals surface area contributed by atoms with Gasteiger partial charge in [-0.05, 0) is 29.8 Å². The molecular formula is C10H14BrN3O. The molecule has 5 heteroatoms. The second-order valence-electron chi connectivity index (χ2n) is 3.84. The van der Waals surface area contributed by atoms with E-state index < -0.39 is 0 Å². The van der Waals surface area contributed by atoms with Gasteiger partial charge in [0.25, 0.3) is 0 Å². The van der Waals surface area contributed by atoms with Crippen molar-refractivity contribution in [3.05, 3.63) is 17.0 Å². The van der Waals surface area contributed by atoms with Crippen molar-refractivity contribution in [3.63, 3.8) is 0 Å². The van der Waals surface area contributed by atoms with E-state index in [2.05, 4.69) is 44.6 Å². The third-order valence-corrected chi connectivity index (χ3v) is 3.09. The Balaban J connectivity index is 2.25. The van der Waals surface area contributed by atoms with E-state index in [1.165, 1.54) is 0 Å². The van der Waals surface area contributed by atoms with E-state index in [-0.39, 0.29) is 6.10 Å². The van der Waals surface area contributed by atoms with Gasteiger partial charge in [-0.15, -0.1) is 0 Å². The van der Waals surface area contributed by atoms with Crippen molar-refractivity contribution >= 4 is 21.7 Å². The van der Waals surface area contributed by atoms with E-state index in [0.29, 0.717) is 6.04 Å². The van der Waals surface area contributed by atoms with Crippen LogP contribution < -0.4 is 4.90 Å². The quantitative estimate of drug-likeness (QED) is 0.782. The zero-order valence-electron chi connectivity index (χ0n) is 8.85. The average molecular weight is 272 g/mol. The lowest BCUT2D eigenvalue weighted by Gasteiger charge is -2.37. The minimum Gasteiger partial charge on any atom is -0.375 e. The Kier molecular flexibility index (Phi) is 3.21. The Morgan fingerprint density at radius 3 is 3.07 bits per heavy atom. The number of morpholine rings is 1. The minimum atomic E-state index is 0.253. The first-order chi connectivity index (χ1) is 7.18. The topological polar surface area (TPSA) is 38.2 Å². The molecule has 0 saturated carbocycles. The molecule has 1 aromatic rings. The van der Waals surface area contributed by atoms with Crippen LogP contribution in [0, 0.1) is 0 Å². The van der Waals surface area contributed by atoms with Gasteiger partial charge in [0, 0.05) is 12.7 Å². The highest BCUT2D eigenvalue weighted by molar-refractivity contribution is 9.10. The average Bonchev–Trinajstić information content (AvgIpc) is 2.23. The number of nitrogens with zero attached hydrogens (tertiary/aromatic N) is 3. The van der Waals surface area contributed by atoms with Gasteiger partial charge >= 0.3 is 0 Å². The lowest BCUT2D eigenvalue weighted by Crippen LogP contribution is -2.48. The smallest absolute Gasteiger partial charge is 0.146 e. The van der Waals surface area contributed by atoms with Gasteiger partial charge in [-0.25, -0.2) is 9.97 Å². The van der Waals surface area contributed by atoms with Crippen LogP contribution in [0.5, 0.6) is 0 Å². The molecule has 0 amide bonds. The summed E-state index contributed by atoms with van der Waals surface area (Å²) in [5.74, 6) is 0.952. The number of halogens is 1. The van der Waals surface area contributed by atoms with Crippen LogP contribution in [0.15, 0.2) is 17.0 Å². The van der Waals surface area contributed by atoms with Crippen LogP contribution in [0.3, 0.4) is 0 Å². The van der Waals surface area contributed by atoms with Gasteiger partial charge in [-0.1, -0.05) is 0 Å². The normalized spacial score (nSPS) is 26.7. The summed E-state index contributed by atoms with van der Waals surface area (Å²) in [7, 11) is 0. The summed E-state index contributed by atoms with van der Waals surface area (Å²) in [5.41, 5.74) is 0. The van der Waals surface area contributed by atoms with Crippen molar-refractivity contribution in [1.29, 1.82) is 0 Å². The summed E-state index contributed by atoms with van der Waals surface area (Å²) < 4.78 is 6.52. The zero-order valence-corrected chi connectivity index (χ0v) is 10.4. The van der Waals surface area contributed by atoms with Crippen molar-refractivity contribution in [2.45, 2.75) is 26.0 Å². The van der Waals surface area contributed by atoms with E-state index in [1.54, 1.807) is 12.5 Å². The molecule has 2 unspecified atom stereocenters. The Hall–Kier alpha value is -0.680. The first kappa shape index (κ1) is 10.8. The van der Waals surface area contributed by atoms with Crippen LogP contribution >= 0.6 is 15.9 Å². The molecule has 0 aromatic carbocycles. The van der Waals surface area contributed by atoms with Gasteiger partial charge in [-0.3, -0.25) is 0 Å². The summed E-state index contributed by atoms with van der Waals surface area (Å²) in [4.78, 5) is 10.5. The van der Waals surface area contributed by atoms with Gasteiger partial charge in [0.05, 0.1) is 23.2 Å². The van der Waals surface area contributed by atoms with E-state index in [1.807, 2.05) is 0 Å². The van der Waals surface area contributed by atoms with E-state index in [0.717, 1.165) is 23.4 Å². The molecule has 0 spiro atoms. The number of hydrogen-bond acceptors (Lipinski definition) is 4. The van der Waals surface area contributed by atoms with Gasteiger partial charge in [0.2, 0.25) is 0 Å². The molecule has 15 heavy (non-hydrogen) atoms. The molecule has 2 heterocycles. The van der Waals surface area contributed by atoms with Crippen molar-refractivity contribution in [2.24, 2.45) is 0 Å². The highest BCUT2D eigenvalue weighted by Gasteiger charge is 2.25. The number of rotatable bonds is 1. The second-order valence-corrected chi connectivity index (χ2v) is 4.69. The Bertz CT molecular complexity index is 347. The SMILES string of the molecule is CC1CN(c2ncncc2Br)C(C)CO1. The molecule has 1 fully saturated rings. The van der Waals surface area contributed by atoms with Crippen molar-refractivity contribution in [2.75, 3.05) is 18.1 Å². The molecule has 0 N–H and O–H groups in total. The Morgan fingerprint density at radius 1 is 1.53 bits per heavy atom. The number of ether oxygens (including phenoxy) is 1. The molecule has 2 rings (SSSR count). The lowest BCUT2D eigenvalue weighted by molar-refractivity contribution is 0.0340. The fourth-order valence-electron chi connectivity index (χ4n) is 1.72. The van der Waals surface area contributed by atoms with Crippen LogP contribution in [0.25, 0.3) is 0 Å². The monoisotopic (exact) mass is 271 g/mol. The predicted octanol–water partition coefficient (Wildman–Crippen LogP) is 1.85. The number of hydrogen-bond donors (Lipinski definition) is 0. The molecule has 82 valence electrons. The molecule has 4 nitrogen and oxygen atoms in total. The molecule has 1 aromatic heterocycles. The van der Waals surface area contributed by atoms with Crippen molar-refractivity contribution in [1.82, 2.24) is 9.97 Å². The fraction of sp³-hybridized carbons (Fsp3) is 0.600. The Morgan fingerprint density at radius 2 is 2.33 bits per heavy atom. The highest BCUT2D eigenvalue weighted by atomic mass is 79.9. The molecule has 2 atom stereocenters. The van der Waals surface area contributed by atoms with Gasteiger partial charge in [-0.2, -0.15) is 0 Å². The van der Waals surface area contributed by atoms with Crippen LogP contribution in [0.1, 0.15) is 13.8 Å². The standard InChI is InChI=1S/C10H14BrN3O/c1-7-5-15-8(2)4-14(7)10-9(11)3-12-6-13-10/h3,6-8H,4-5H2,1-2H3. The molecular weight excluding hydrogens is 258 g/mol. The van der Waals surface area contributed by atoms with Gasteiger partial charge in [0.1, 0.15) is 12.1 Å². The lowest BCUT2D eigenvalue weighted by atomic mass is 10.2. The molecule has 0 bridgehead atoms. The minimum absolute atomic E-state index is 0.253. The summed E-state index contributed by atoms with van der Waals surface area (Å²) in [5, 5.41) is 0. The molecule has 0 aliphatic carbocycles. The maximum atomic E-state index is 5.58. The van der Waals surface area contributed by atoms with Crippen LogP contribution in [-0.4, -0.2) is 35.3 Å². The van der Waals surface area contributed by atoms with E-state index in [9.17, 15) is 0 Å². The highest BCUT2D eigenvalue weighted by Crippen LogP contribution is 2.26. The summed E-state index contributed by atoms with van der Waals surface area (Å²) in [6.45, 7) is 5.84. The summed E-state index contributed by atoms with van der Waals surface area (Å²) >= 11 is 3.47. The first-order valence-electron chi connectivity index (χ1n) is 5.02. The zero-order chi connectivity index (χ0) is 10.8. The maximum Gasteiger partial charge on any atom is 0.146 e. The molecule has 1 saturated heterocycles. The van der Waals surface area contributed by atoms with E-state index in [4.69, 9.17) is 4.74 Å². The predicted molar refractivity (Wildman–Crippen MR) is 62.0 cm³/mol. The second kappa shape index (κ2) is 4.45. The van der Waals surface area contributed by atoms with Crippen LogP contribution in [-0.2, 0) is 4.74 Å². The Labute approximate surface area is 97.8 Å². The number of anilines is 1. The van der Waals surface area contributed by atoms with Gasteiger partial charge in [0.15, 0.2) is 0 Å². The fourth-order valence-corrected chi connectivity index (χ4v) is 2.16. The van der Waals surface area contributed by atoms with Crippen molar-refractivity contribution in [3.8, 4) is 0 Å². The van der Waals surface area contributed by atoms with Crippen LogP contribution in [0.2, 0.25) is 0 Å². The third kappa shape index (κ3) is 2.29. The van der Waals surface area contributed by atoms with Gasteiger partial charge < -0.3 is 9.64 Å². The largest absolute Gasteiger partial charge is 0.375 e. The summed E-state index contributed by atoms with van der Waals surface area (Å²) in [6, 6.07) is 0.354. The maximum absolute atomic E-state index is 5.58. The summed E-state index contributed by atoms with van der Waals surface area (Å²) in [6.07, 6.45) is 3.60. The van der Waals surface area contributed by atoms with Crippen molar-refractivity contribution < 1.29 is 4.74 Å². The van der Waals surface area contributed by atoms with E-state index >= 15 is 0 Å². The van der Waals surface area contributed by atoms with Crippen LogP contribution in [0.4, 0.5) is 5.82 Å². The molecule has 1 aliphatic heterocycles. The third-order valence-electron chi connectivity index (χ3n) is 2.53. The molecule has 0 radical (unpaired) electrons. The first-order valence-corrected chi connectivity index (χ1v) is 5.81. The molecule has 1 aliphatic rings. The number of aromatic nitrogens is 2.